The minimum Gasteiger partial charge on any atom is -0.351 e. The summed E-state index contributed by atoms with van der Waals surface area (Å²) in [5.74, 6) is -0.347. The van der Waals surface area contributed by atoms with Crippen molar-refractivity contribution in [2.24, 2.45) is 0 Å². The van der Waals surface area contributed by atoms with E-state index in [-0.39, 0.29) is 24.8 Å². The van der Waals surface area contributed by atoms with Crippen LogP contribution in [0.25, 0.3) is 5.70 Å². The molecule has 1 aliphatic rings. The molecule has 110 valence electrons. The third kappa shape index (κ3) is 3.95. The van der Waals surface area contributed by atoms with Crippen LogP contribution in [0.3, 0.4) is 0 Å². The summed E-state index contributed by atoms with van der Waals surface area (Å²) in [5, 5.41) is 3.99. The molecule has 1 aromatic rings. The lowest BCUT2D eigenvalue weighted by atomic mass is 10.1. The Kier molecular flexibility index (Phi) is 4.77. The van der Waals surface area contributed by atoms with Gasteiger partial charge >= 0.3 is 0 Å². The van der Waals surface area contributed by atoms with Crippen molar-refractivity contribution >= 4 is 17.5 Å². The van der Waals surface area contributed by atoms with Gasteiger partial charge in [0.15, 0.2) is 0 Å². The second kappa shape index (κ2) is 6.74. The monoisotopic (exact) mass is 285 g/mol. The highest BCUT2D eigenvalue weighted by atomic mass is 16.2. The molecule has 0 aromatic heterocycles. The highest BCUT2D eigenvalue weighted by Crippen LogP contribution is 2.17. The first-order valence-corrected chi connectivity index (χ1v) is 6.82. The Morgan fingerprint density at radius 1 is 1.43 bits per heavy atom. The van der Waals surface area contributed by atoms with Gasteiger partial charge in [-0.05, 0) is 18.6 Å². The standard InChI is InChI=1S/C16H19N3O2/c1-3-10-17-15(20)11-19-16(21)9-8-14(18-19)13-6-4-12(2)5-7-13/h3-8,18H,1,9-11H2,2H3,(H,17,20). The Morgan fingerprint density at radius 2 is 2.14 bits per heavy atom. The van der Waals surface area contributed by atoms with Gasteiger partial charge in [-0.15, -0.1) is 6.58 Å². The second-order valence-electron chi connectivity index (χ2n) is 4.87. The molecule has 1 heterocycles. The van der Waals surface area contributed by atoms with Crippen molar-refractivity contribution in [3.63, 3.8) is 0 Å². The van der Waals surface area contributed by atoms with Crippen molar-refractivity contribution < 1.29 is 9.59 Å². The van der Waals surface area contributed by atoms with Gasteiger partial charge in [-0.2, -0.15) is 0 Å². The van der Waals surface area contributed by atoms with E-state index >= 15 is 0 Å². The molecule has 0 saturated carbocycles. The van der Waals surface area contributed by atoms with Crippen LogP contribution in [0, 0.1) is 6.92 Å². The Bertz CT molecular complexity index is 576. The second-order valence-corrected chi connectivity index (χ2v) is 4.87. The number of amides is 2. The average molecular weight is 285 g/mol. The van der Waals surface area contributed by atoms with Crippen molar-refractivity contribution in [1.29, 1.82) is 0 Å². The largest absolute Gasteiger partial charge is 0.351 e. The number of nitrogens with one attached hydrogen (secondary N) is 2. The van der Waals surface area contributed by atoms with Gasteiger partial charge in [0.1, 0.15) is 6.54 Å². The zero-order valence-corrected chi connectivity index (χ0v) is 12.1. The average Bonchev–Trinajstić information content (AvgIpc) is 2.48. The number of carbonyl (C=O) groups excluding carboxylic acids is 2. The van der Waals surface area contributed by atoms with E-state index in [0.717, 1.165) is 11.3 Å². The third-order valence-corrected chi connectivity index (χ3v) is 3.15. The first kappa shape index (κ1) is 14.8. The van der Waals surface area contributed by atoms with E-state index in [2.05, 4.69) is 17.3 Å². The van der Waals surface area contributed by atoms with E-state index in [1.54, 1.807) is 6.08 Å². The molecule has 5 nitrogen and oxygen atoms in total. The molecule has 0 aliphatic carbocycles. The molecule has 5 heteroatoms. The quantitative estimate of drug-likeness (QED) is 0.803. The highest BCUT2D eigenvalue weighted by Gasteiger charge is 2.21. The SMILES string of the molecule is C=CCNC(=O)CN1NC(c2ccc(C)cc2)=CCC1=O. The summed E-state index contributed by atoms with van der Waals surface area (Å²) in [6.07, 6.45) is 3.72. The predicted molar refractivity (Wildman–Crippen MR) is 81.8 cm³/mol. The number of nitrogens with zero attached hydrogens (tertiary/aromatic N) is 1. The fourth-order valence-corrected chi connectivity index (χ4v) is 1.98. The smallest absolute Gasteiger partial charge is 0.245 e. The zero-order chi connectivity index (χ0) is 15.2. The lowest BCUT2D eigenvalue weighted by molar-refractivity contribution is -0.137. The van der Waals surface area contributed by atoms with Crippen LogP contribution in [0.1, 0.15) is 17.5 Å². The number of aryl methyl sites for hydroxylation is 1. The lowest BCUT2D eigenvalue weighted by Crippen LogP contribution is -2.49. The fourth-order valence-electron chi connectivity index (χ4n) is 1.98. The van der Waals surface area contributed by atoms with Gasteiger partial charge in [-0.3, -0.25) is 15.0 Å². The van der Waals surface area contributed by atoms with Gasteiger partial charge < -0.3 is 5.32 Å². The Morgan fingerprint density at radius 3 is 2.81 bits per heavy atom. The van der Waals surface area contributed by atoms with Crippen LogP contribution in [0.2, 0.25) is 0 Å². The molecule has 2 N–H and O–H groups in total. The summed E-state index contributed by atoms with van der Waals surface area (Å²) in [7, 11) is 0. The van der Waals surface area contributed by atoms with Crippen LogP contribution in [0.4, 0.5) is 0 Å². The Balaban J connectivity index is 2.04. The number of hydrazine groups is 1. The molecule has 2 rings (SSSR count). The van der Waals surface area contributed by atoms with E-state index in [0.29, 0.717) is 6.54 Å². The molecule has 2 amide bonds. The van der Waals surface area contributed by atoms with Crippen molar-refractivity contribution in [3.8, 4) is 0 Å². The Labute approximate surface area is 124 Å². The molecule has 0 fully saturated rings. The van der Waals surface area contributed by atoms with Crippen LogP contribution in [-0.4, -0.2) is 29.9 Å². The number of benzene rings is 1. The highest BCUT2D eigenvalue weighted by molar-refractivity contribution is 5.88. The maximum atomic E-state index is 11.9. The van der Waals surface area contributed by atoms with Gasteiger partial charge in [0.25, 0.3) is 0 Å². The van der Waals surface area contributed by atoms with Crippen LogP contribution in [-0.2, 0) is 9.59 Å². The molecule has 0 spiro atoms. The van der Waals surface area contributed by atoms with Crippen LogP contribution >= 0.6 is 0 Å². The van der Waals surface area contributed by atoms with E-state index in [1.807, 2.05) is 37.3 Å². The zero-order valence-electron chi connectivity index (χ0n) is 12.1. The molecule has 0 radical (unpaired) electrons. The lowest BCUT2D eigenvalue weighted by Gasteiger charge is -2.28. The summed E-state index contributed by atoms with van der Waals surface area (Å²) in [6, 6.07) is 7.99. The molecule has 1 aliphatic heterocycles. The van der Waals surface area contributed by atoms with Crippen LogP contribution in [0.15, 0.2) is 43.0 Å². The normalized spacial score (nSPS) is 14.2. The summed E-state index contributed by atoms with van der Waals surface area (Å²) >= 11 is 0. The van der Waals surface area contributed by atoms with E-state index < -0.39 is 0 Å². The van der Waals surface area contributed by atoms with Crippen molar-refractivity contribution in [1.82, 2.24) is 15.8 Å². The third-order valence-electron chi connectivity index (χ3n) is 3.15. The molecule has 1 aromatic carbocycles. The molecule has 0 saturated heterocycles. The number of rotatable bonds is 5. The molecule has 21 heavy (non-hydrogen) atoms. The van der Waals surface area contributed by atoms with Gasteiger partial charge in [0.05, 0.1) is 5.70 Å². The first-order valence-electron chi connectivity index (χ1n) is 6.82. The molecular formula is C16H19N3O2. The maximum absolute atomic E-state index is 11.9. The molecular weight excluding hydrogens is 266 g/mol. The summed E-state index contributed by atoms with van der Waals surface area (Å²) < 4.78 is 0. The molecule has 0 unspecified atom stereocenters. The van der Waals surface area contributed by atoms with Crippen molar-refractivity contribution in [2.45, 2.75) is 13.3 Å². The van der Waals surface area contributed by atoms with Gasteiger partial charge in [0.2, 0.25) is 11.8 Å². The van der Waals surface area contributed by atoms with Crippen LogP contribution < -0.4 is 10.7 Å². The van der Waals surface area contributed by atoms with Crippen molar-refractivity contribution in [3.05, 3.63) is 54.1 Å². The number of carbonyl (C=O) groups is 2. The van der Waals surface area contributed by atoms with Gasteiger partial charge in [0, 0.05) is 13.0 Å². The van der Waals surface area contributed by atoms with E-state index in [4.69, 9.17) is 0 Å². The Hall–Kier alpha value is -2.56. The summed E-state index contributed by atoms with van der Waals surface area (Å²) in [5.41, 5.74) is 6.01. The van der Waals surface area contributed by atoms with E-state index in [9.17, 15) is 9.59 Å². The topological polar surface area (TPSA) is 61.4 Å². The maximum Gasteiger partial charge on any atom is 0.245 e. The van der Waals surface area contributed by atoms with Gasteiger partial charge in [-0.25, -0.2) is 5.01 Å². The van der Waals surface area contributed by atoms with Crippen molar-refractivity contribution in [2.75, 3.05) is 13.1 Å². The number of hydrogen-bond acceptors (Lipinski definition) is 3. The predicted octanol–water partition coefficient (Wildman–Crippen LogP) is 1.38. The summed E-state index contributed by atoms with van der Waals surface area (Å²) in [4.78, 5) is 23.5. The van der Waals surface area contributed by atoms with Gasteiger partial charge in [-0.1, -0.05) is 35.9 Å². The first-order chi connectivity index (χ1) is 10.1. The minimum absolute atomic E-state index is 0.0180. The molecule has 0 bridgehead atoms. The van der Waals surface area contributed by atoms with Crippen LogP contribution in [0.5, 0.6) is 0 Å². The minimum atomic E-state index is -0.221. The number of hydrogen-bond donors (Lipinski definition) is 2. The summed E-state index contributed by atoms with van der Waals surface area (Å²) in [6.45, 7) is 5.93. The van der Waals surface area contributed by atoms with E-state index in [1.165, 1.54) is 10.6 Å². The molecule has 0 atom stereocenters. The fraction of sp³-hybridized carbons (Fsp3) is 0.250.